The van der Waals surface area contributed by atoms with Crippen molar-refractivity contribution in [1.82, 2.24) is 10.6 Å². The maximum absolute atomic E-state index is 12.3. The first kappa shape index (κ1) is 18.9. The van der Waals surface area contributed by atoms with Crippen molar-refractivity contribution in [3.8, 4) is 5.75 Å². The Hall–Kier alpha value is -1.18. The second-order valence-electron chi connectivity index (χ2n) is 4.55. The fourth-order valence-corrected chi connectivity index (χ4v) is 2.19. The maximum Gasteiger partial charge on any atom is 0.261 e. The van der Waals surface area contributed by atoms with Crippen LogP contribution in [0.1, 0.15) is 30.1 Å². The van der Waals surface area contributed by atoms with Crippen molar-refractivity contribution in [3.05, 3.63) is 28.2 Å². The van der Waals surface area contributed by atoms with Gasteiger partial charge in [0, 0.05) is 18.1 Å². The van der Waals surface area contributed by atoms with Gasteiger partial charge in [0.2, 0.25) is 0 Å². The van der Waals surface area contributed by atoms with Crippen LogP contribution in [-0.4, -0.2) is 37.9 Å². The highest BCUT2D eigenvalue weighted by Crippen LogP contribution is 2.23. The zero-order valence-corrected chi connectivity index (χ0v) is 15.2. The Kier molecular flexibility index (Phi) is 9.03. The standard InChI is InChI=1S/C15H21BrN2O3S/c1-3-4-7-17-15(22)18-14(19)12-10-11(16)5-6-13(12)21-9-8-20-2/h5-6,10H,3-4,7-9H2,1-2H3,(H2,17,18,19,22). The Morgan fingerprint density at radius 1 is 1.36 bits per heavy atom. The van der Waals surface area contributed by atoms with Gasteiger partial charge in [-0.05, 0) is 36.8 Å². The molecule has 0 aliphatic heterocycles. The number of nitrogens with one attached hydrogen (secondary N) is 2. The van der Waals surface area contributed by atoms with Crippen LogP contribution in [0.5, 0.6) is 5.75 Å². The normalized spacial score (nSPS) is 10.1. The van der Waals surface area contributed by atoms with Crippen LogP contribution in [0, 0.1) is 0 Å². The van der Waals surface area contributed by atoms with Crippen LogP contribution in [0.4, 0.5) is 0 Å². The van der Waals surface area contributed by atoms with Gasteiger partial charge in [0.25, 0.3) is 5.91 Å². The monoisotopic (exact) mass is 388 g/mol. The molecule has 1 amide bonds. The average Bonchev–Trinajstić information content (AvgIpc) is 2.49. The van der Waals surface area contributed by atoms with Crippen molar-refractivity contribution in [1.29, 1.82) is 0 Å². The number of carbonyl (C=O) groups is 1. The molecule has 0 saturated heterocycles. The molecule has 0 atom stereocenters. The fraction of sp³-hybridized carbons (Fsp3) is 0.467. The Morgan fingerprint density at radius 2 is 2.14 bits per heavy atom. The molecule has 0 bridgehead atoms. The molecule has 1 aromatic carbocycles. The van der Waals surface area contributed by atoms with E-state index in [0.29, 0.717) is 29.6 Å². The summed E-state index contributed by atoms with van der Waals surface area (Å²) in [5.41, 5.74) is 0.421. The highest BCUT2D eigenvalue weighted by Gasteiger charge is 2.14. The number of rotatable bonds is 8. The van der Waals surface area contributed by atoms with Crippen molar-refractivity contribution in [2.24, 2.45) is 0 Å². The zero-order chi connectivity index (χ0) is 16.4. The number of amides is 1. The molecule has 1 rings (SSSR count). The third-order valence-corrected chi connectivity index (χ3v) is 3.51. The quantitative estimate of drug-likeness (QED) is 0.529. The summed E-state index contributed by atoms with van der Waals surface area (Å²) < 4.78 is 11.3. The molecular weight excluding hydrogens is 368 g/mol. The molecule has 0 heterocycles. The highest BCUT2D eigenvalue weighted by molar-refractivity contribution is 9.10. The largest absolute Gasteiger partial charge is 0.490 e. The van der Waals surface area contributed by atoms with E-state index < -0.39 is 0 Å². The molecule has 1 aromatic rings. The summed E-state index contributed by atoms with van der Waals surface area (Å²) in [5, 5.41) is 5.98. The molecule has 7 heteroatoms. The molecule has 0 aliphatic rings. The molecule has 5 nitrogen and oxygen atoms in total. The lowest BCUT2D eigenvalue weighted by Gasteiger charge is -2.13. The first-order chi connectivity index (χ1) is 10.6. The van der Waals surface area contributed by atoms with Crippen LogP contribution in [0.15, 0.2) is 22.7 Å². The first-order valence-electron chi connectivity index (χ1n) is 7.09. The molecule has 0 spiro atoms. The third-order valence-electron chi connectivity index (χ3n) is 2.77. The lowest BCUT2D eigenvalue weighted by Crippen LogP contribution is -2.39. The molecule has 122 valence electrons. The van der Waals surface area contributed by atoms with E-state index in [1.165, 1.54) is 0 Å². The van der Waals surface area contributed by atoms with E-state index in [1.54, 1.807) is 19.2 Å². The number of ether oxygens (including phenoxy) is 2. The van der Waals surface area contributed by atoms with E-state index in [9.17, 15) is 4.79 Å². The molecule has 0 aliphatic carbocycles. The highest BCUT2D eigenvalue weighted by atomic mass is 79.9. The Bertz CT molecular complexity index is 512. The van der Waals surface area contributed by atoms with E-state index in [-0.39, 0.29) is 5.91 Å². The van der Waals surface area contributed by atoms with Gasteiger partial charge in [0.15, 0.2) is 5.11 Å². The van der Waals surface area contributed by atoms with Crippen LogP contribution >= 0.6 is 28.1 Å². The second kappa shape index (κ2) is 10.5. The number of methoxy groups -OCH3 is 1. The van der Waals surface area contributed by atoms with E-state index in [1.807, 2.05) is 6.07 Å². The van der Waals surface area contributed by atoms with Crippen LogP contribution in [0.25, 0.3) is 0 Å². The summed E-state index contributed by atoms with van der Waals surface area (Å²) >= 11 is 8.47. The summed E-state index contributed by atoms with van der Waals surface area (Å²) in [7, 11) is 1.60. The van der Waals surface area contributed by atoms with E-state index in [2.05, 4.69) is 33.5 Å². The SMILES string of the molecule is CCCCNC(=S)NC(=O)c1cc(Br)ccc1OCCOC. The van der Waals surface area contributed by atoms with Gasteiger partial charge in [-0.25, -0.2) is 0 Å². The average molecular weight is 389 g/mol. The number of benzene rings is 1. The number of unbranched alkanes of at least 4 members (excludes halogenated alkanes) is 1. The molecule has 22 heavy (non-hydrogen) atoms. The van der Waals surface area contributed by atoms with Crippen LogP contribution in [0.3, 0.4) is 0 Å². The molecule has 0 saturated carbocycles. The van der Waals surface area contributed by atoms with Gasteiger partial charge < -0.3 is 14.8 Å². The molecule has 0 aromatic heterocycles. The maximum atomic E-state index is 12.3. The molecule has 2 N–H and O–H groups in total. The van der Waals surface area contributed by atoms with Gasteiger partial charge in [-0.2, -0.15) is 0 Å². The molecule has 0 fully saturated rings. The van der Waals surface area contributed by atoms with Gasteiger partial charge in [-0.3, -0.25) is 10.1 Å². The Labute approximate surface area is 144 Å². The van der Waals surface area contributed by atoms with Gasteiger partial charge in [-0.1, -0.05) is 29.3 Å². The molecular formula is C15H21BrN2O3S. The van der Waals surface area contributed by atoms with Crippen LogP contribution in [0.2, 0.25) is 0 Å². The van der Waals surface area contributed by atoms with Gasteiger partial charge in [-0.15, -0.1) is 0 Å². The summed E-state index contributed by atoms with van der Waals surface area (Å²) in [5.74, 6) is 0.192. The minimum absolute atomic E-state index is 0.303. The summed E-state index contributed by atoms with van der Waals surface area (Å²) in [4.78, 5) is 12.3. The van der Waals surface area contributed by atoms with Crippen LogP contribution < -0.4 is 15.4 Å². The van der Waals surface area contributed by atoms with Crippen LogP contribution in [-0.2, 0) is 4.74 Å². The minimum atomic E-state index is -0.303. The molecule has 0 radical (unpaired) electrons. The zero-order valence-electron chi connectivity index (χ0n) is 12.8. The van der Waals surface area contributed by atoms with Crippen molar-refractivity contribution < 1.29 is 14.3 Å². The summed E-state index contributed by atoms with van der Waals surface area (Å²) in [6, 6.07) is 5.26. The second-order valence-corrected chi connectivity index (χ2v) is 5.87. The van der Waals surface area contributed by atoms with E-state index >= 15 is 0 Å². The smallest absolute Gasteiger partial charge is 0.261 e. The van der Waals surface area contributed by atoms with E-state index in [4.69, 9.17) is 21.7 Å². The Balaban J connectivity index is 2.69. The predicted octanol–water partition coefficient (Wildman–Crippen LogP) is 2.88. The van der Waals surface area contributed by atoms with Crippen molar-refractivity contribution >= 4 is 39.2 Å². The van der Waals surface area contributed by atoms with Crippen molar-refractivity contribution in [3.63, 3.8) is 0 Å². The number of thiocarbonyl (C=S) groups is 1. The fourth-order valence-electron chi connectivity index (χ4n) is 1.63. The van der Waals surface area contributed by atoms with Gasteiger partial charge >= 0.3 is 0 Å². The minimum Gasteiger partial charge on any atom is -0.490 e. The van der Waals surface area contributed by atoms with Crippen molar-refractivity contribution in [2.45, 2.75) is 19.8 Å². The number of halogens is 1. The summed E-state index contributed by atoms with van der Waals surface area (Å²) in [6.45, 7) is 3.66. The van der Waals surface area contributed by atoms with E-state index in [0.717, 1.165) is 23.9 Å². The summed E-state index contributed by atoms with van der Waals surface area (Å²) in [6.07, 6.45) is 2.06. The lowest BCUT2D eigenvalue weighted by molar-refractivity contribution is 0.0968. The number of carbonyl (C=O) groups excluding carboxylic acids is 1. The Morgan fingerprint density at radius 3 is 2.82 bits per heavy atom. The first-order valence-corrected chi connectivity index (χ1v) is 8.29. The number of hydrogen-bond donors (Lipinski definition) is 2. The van der Waals surface area contributed by atoms with Gasteiger partial charge in [0.1, 0.15) is 12.4 Å². The third kappa shape index (κ3) is 6.72. The topological polar surface area (TPSA) is 59.6 Å². The van der Waals surface area contributed by atoms with Gasteiger partial charge in [0.05, 0.1) is 12.2 Å². The lowest BCUT2D eigenvalue weighted by atomic mass is 10.2. The van der Waals surface area contributed by atoms with Crippen molar-refractivity contribution in [2.75, 3.05) is 26.9 Å². The predicted molar refractivity (Wildman–Crippen MR) is 94.5 cm³/mol. The number of hydrogen-bond acceptors (Lipinski definition) is 4. The molecule has 0 unspecified atom stereocenters.